The molecule has 11 heteroatoms. The van der Waals surface area contributed by atoms with Gasteiger partial charge in [-0.25, -0.2) is 0 Å². The Morgan fingerprint density at radius 1 is 0.962 bits per heavy atom. The number of benzene rings is 2. The monoisotopic (exact) mass is 402 g/mol. The van der Waals surface area contributed by atoms with E-state index in [0.717, 1.165) is 19.2 Å². The zero-order valence-electron chi connectivity index (χ0n) is 16.7. The molecule has 8 nitrogen and oxygen atoms in total. The van der Waals surface area contributed by atoms with Crippen molar-refractivity contribution < 1.29 is 99.4 Å². The quantitative estimate of drug-likeness (QED) is 0.261. The fourth-order valence-corrected chi connectivity index (χ4v) is 2.73. The maximum absolute atomic E-state index is 12.5. The predicted octanol–water partition coefficient (Wildman–Crippen LogP) is -4.17. The molecule has 0 atom stereocenters. The Balaban J connectivity index is -0.00000156. The van der Waals surface area contributed by atoms with Crippen LogP contribution in [0.15, 0.2) is 35.2 Å². The molecule has 0 radical (unpaired) electrons. The molecule has 0 aromatic heterocycles. The van der Waals surface area contributed by atoms with E-state index in [1.165, 1.54) is 25.3 Å². The molecule has 0 saturated heterocycles. The minimum absolute atomic E-state index is 0. The normalized spacial score (nSPS) is 10.3. The van der Waals surface area contributed by atoms with Gasteiger partial charge in [-0.05, 0) is 18.2 Å². The summed E-state index contributed by atoms with van der Waals surface area (Å²) >= 11 is 0. The predicted molar refractivity (Wildman–Crippen MR) is 84.8 cm³/mol. The number of ketones is 1. The first-order chi connectivity index (χ1) is 11.2. The second kappa shape index (κ2) is 9.95. The van der Waals surface area contributed by atoms with Crippen LogP contribution in [0.5, 0.6) is 23.0 Å². The molecule has 2 rings (SSSR count). The summed E-state index contributed by atoms with van der Waals surface area (Å²) in [4.78, 5) is 11.8. The average molecular weight is 402 g/mol. The van der Waals surface area contributed by atoms with Crippen molar-refractivity contribution in [3.05, 3.63) is 41.5 Å². The van der Waals surface area contributed by atoms with E-state index in [1.54, 1.807) is 0 Å². The molecular formula is C15H16Na2O8S. The van der Waals surface area contributed by atoms with E-state index >= 15 is 0 Å². The molecule has 0 heterocycles. The van der Waals surface area contributed by atoms with Crippen molar-refractivity contribution in [1.82, 2.24) is 0 Å². The van der Waals surface area contributed by atoms with E-state index in [1.807, 2.05) is 0 Å². The topological polar surface area (TPSA) is 130 Å². The Morgan fingerprint density at radius 3 is 2.00 bits per heavy atom. The van der Waals surface area contributed by atoms with E-state index in [2.05, 4.69) is 0 Å². The van der Waals surface area contributed by atoms with E-state index in [0.29, 0.717) is 5.75 Å². The molecule has 0 aliphatic heterocycles. The third-order valence-corrected chi connectivity index (χ3v) is 4.13. The molecule has 0 fully saturated rings. The second-order valence-electron chi connectivity index (χ2n) is 4.71. The van der Waals surface area contributed by atoms with Crippen molar-refractivity contribution in [3.63, 3.8) is 0 Å². The molecule has 0 aliphatic carbocycles. The minimum atomic E-state index is -4.69. The van der Waals surface area contributed by atoms with Crippen LogP contribution in [0.25, 0.3) is 0 Å². The van der Waals surface area contributed by atoms with Gasteiger partial charge in [0, 0.05) is 12.1 Å². The zero-order chi connectivity index (χ0) is 18.1. The van der Waals surface area contributed by atoms with Gasteiger partial charge in [0.15, 0.2) is 0 Å². The van der Waals surface area contributed by atoms with Gasteiger partial charge in [0.1, 0.15) is 27.9 Å². The van der Waals surface area contributed by atoms with E-state index in [-0.39, 0.29) is 73.3 Å². The molecule has 0 amide bonds. The summed E-state index contributed by atoms with van der Waals surface area (Å²) in [5.74, 6) is -1.85. The Bertz CT molecular complexity index is 922. The minimum Gasteiger partial charge on any atom is -1.00 e. The van der Waals surface area contributed by atoms with Gasteiger partial charge >= 0.3 is 59.1 Å². The number of ether oxygens (including phenoxy) is 2. The molecule has 0 saturated carbocycles. The van der Waals surface area contributed by atoms with Gasteiger partial charge in [-0.2, -0.15) is 8.42 Å². The first-order valence-corrected chi connectivity index (χ1v) is 7.93. The Kier molecular flexibility index (Phi) is 9.66. The number of carbonyl (C=O) groups is 1. The smallest absolute Gasteiger partial charge is 1.00 e. The van der Waals surface area contributed by atoms with E-state index < -0.39 is 37.9 Å². The average Bonchev–Trinajstić information content (AvgIpc) is 2.52. The summed E-state index contributed by atoms with van der Waals surface area (Å²) in [6.45, 7) is 0. The van der Waals surface area contributed by atoms with Crippen LogP contribution >= 0.6 is 0 Å². The SMILES string of the molecule is COc1ccc(C(=O)c2cc(S(=O)(=O)O)c(OC)cc2O)c(O)c1.[H-].[H-].[Na+].[Na+]. The summed E-state index contributed by atoms with van der Waals surface area (Å²) in [5, 5.41) is 19.9. The van der Waals surface area contributed by atoms with Crippen LogP contribution in [-0.2, 0) is 10.1 Å². The van der Waals surface area contributed by atoms with Crippen molar-refractivity contribution in [1.29, 1.82) is 0 Å². The fraction of sp³-hybridized carbons (Fsp3) is 0.133. The zero-order valence-corrected chi connectivity index (χ0v) is 19.5. The molecule has 2 aromatic rings. The summed E-state index contributed by atoms with van der Waals surface area (Å²) in [6, 6.07) is 5.52. The van der Waals surface area contributed by atoms with Crippen LogP contribution in [0.4, 0.5) is 0 Å². The molecular weight excluding hydrogens is 386 g/mol. The number of hydrogen-bond acceptors (Lipinski definition) is 7. The van der Waals surface area contributed by atoms with Crippen LogP contribution in [0.2, 0.25) is 0 Å². The molecule has 0 unspecified atom stereocenters. The molecule has 2 aromatic carbocycles. The second-order valence-corrected chi connectivity index (χ2v) is 6.10. The van der Waals surface area contributed by atoms with Crippen molar-refractivity contribution in [2.75, 3.05) is 14.2 Å². The Morgan fingerprint density at radius 2 is 1.54 bits per heavy atom. The largest absolute Gasteiger partial charge is 1.00 e. The summed E-state index contributed by atoms with van der Waals surface area (Å²) in [5.41, 5.74) is -0.610. The molecule has 0 aliphatic rings. The first-order valence-electron chi connectivity index (χ1n) is 6.49. The standard InChI is InChI=1S/C15H14O8S.2Na.2H/c1-22-8-3-4-9(11(16)5-8)15(18)10-6-14(24(19,20)21)13(23-2)7-12(10)17;;;;/h3-7,16-17H,1-2H3,(H,19,20,21);;;;/q;2*+1;2*-1. The van der Waals surface area contributed by atoms with Crippen LogP contribution in [0, 0.1) is 0 Å². The third-order valence-electron chi connectivity index (χ3n) is 3.25. The van der Waals surface area contributed by atoms with Gasteiger partial charge in [-0.15, -0.1) is 0 Å². The van der Waals surface area contributed by atoms with E-state index in [4.69, 9.17) is 9.47 Å². The maximum atomic E-state index is 12.5. The van der Waals surface area contributed by atoms with Crippen molar-refractivity contribution in [3.8, 4) is 23.0 Å². The van der Waals surface area contributed by atoms with Gasteiger partial charge in [-0.1, -0.05) is 0 Å². The van der Waals surface area contributed by atoms with Crippen LogP contribution < -0.4 is 68.6 Å². The first kappa shape index (κ1) is 25.2. The third kappa shape index (κ3) is 5.37. The molecule has 132 valence electrons. The number of carbonyl (C=O) groups excluding carboxylic acids is 1. The summed E-state index contributed by atoms with van der Waals surface area (Å²) in [6.07, 6.45) is 0. The van der Waals surface area contributed by atoms with E-state index in [9.17, 15) is 28.0 Å². The number of rotatable bonds is 5. The van der Waals surface area contributed by atoms with Crippen molar-refractivity contribution >= 4 is 15.9 Å². The summed E-state index contributed by atoms with van der Waals surface area (Å²) < 4.78 is 41.7. The molecule has 0 bridgehead atoms. The summed E-state index contributed by atoms with van der Waals surface area (Å²) in [7, 11) is -2.17. The fourth-order valence-electron chi connectivity index (χ4n) is 2.07. The number of aromatic hydroxyl groups is 2. The van der Waals surface area contributed by atoms with Gasteiger partial charge in [0.25, 0.3) is 10.1 Å². The number of hydrogen-bond donors (Lipinski definition) is 3. The number of phenols is 2. The van der Waals surface area contributed by atoms with Crippen molar-refractivity contribution in [2.24, 2.45) is 0 Å². The van der Waals surface area contributed by atoms with Gasteiger partial charge in [0.05, 0.1) is 25.3 Å². The van der Waals surface area contributed by atoms with Crippen LogP contribution in [0.3, 0.4) is 0 Å². The molecule has 3 N–H and O–H groups in total. The van der Waals surface area contributed by atoms with Crippen molar-refractivity contribution in [2.45, 2.75) is 4.90 Å². The van der Waals surface area contributed by atoms with Gasteiger partial charge in [0.2, 0.25) is 5.78 Å². The Hall–Kier alpha value is -0.780. The molecule has 26 heavy (non-hydrogen) atoms. The van der Waals surface area contributed by atoms with Crippen LogP contribution in [0.1, 0.15) is 18.8 Å². The van der Waals surface area contributed by atoms with Crippen LogP contribution in [-0.4, -0.2) is 43.2 Å². The Labute approximate surface area is 197 Å². The molecule has 0 spiro atoms. The number of methoxy groups -OCH3 is 2. The van der Waals surface area contributed by atoms with Gasteiger partial charge < -0.3 is 22.5 Å². The number of phenolic OH excluding ortho intramolecular Hbond substituents is 2. The maximum Gasteiger partial charge on any atom is 1.00 e. The van der Waals surface area contributed by atoms with Gasteiger partial charge in [-0.3, -0.25) is 9.35 Å².